The molecule has 0 aliphatic rings. The fourth-order valence-electron chi connectivity index (χ4n) is 2.49. The van der Waals surface area contributed by atoms with Crippen molar-refractivity contribution in [2.75, 3.05) is 25.5 Å². The van der Waals surface area contributed by atoms with Crippen LogP contribution in [0.25, 0.3) is 10.9 Å². The molecule has 3 aromatic rings. The van der Waals surface area contributed by atoms with E-state index in [0.29, 0.717) is 0 Å². The maximum atomic E-state index is 5.99. The first-order valence-corrected chi connectivity index (χ1v) is 7.87. The van der Waals surface area contributed by atoms with Crippen LogP contribution in [0.5, 0.6) is 11.5 Å². The Hall–Kier alpha value is -2.59. The first kappa shape index (κ1) is 15.3. The predicted molar refractivity (Wildman–Crippen MR) is 95.3 cm³/mol. The number of ether oxygens (including phenoxy) is 1. The van der Waals surface area contributed by atoms with Crippen LogP contribution in [0.1, 0.15) is 6.42 Å². The van der Waals surface area contributed by atoms with Crippen molar-refractivity contribution in [2.45, 2.75) is 6.42 Å². The van der Waals surface area contributed by atoms with Crippen LogP contribution in [0.15, 0.2) is 60.8 Å². The van der Waals surface area contributed by atoms with Crippen molar-refractivity contribution in [3.05, 3.63) is 60.8 Å². The first-order chi connectivity index (χ1) is 11.4. The van der Waals surface area contributed by atoms with Gasteiger partial charge in [-0.3, -0.25) is 4.98 Å². The Kier molecular flexibility index (Phi) is 5.06. The number of aromatic nitrogens is 1. The number of rotatable bonds is 7. The highest BCUT2D eigenvalue weighted by molar-refractivity contribution is 5.94. The second-order valence-electron chi connectivity index (χ2n) is 5.31. The Morgan fingerprint density at radius 2 is 1.83 bits per heavy atom. The molecule has 23 heavy (non-hydrogen) atoms. The maximum absolute atomic E-state index is 5.99. The van der Waals surface area contributed by atoms with Gasteiger partial charge in [0.2, 0.25) is 0 Å². The van der Waals surface area contributed by atoms with Gasteiger partial charge in [0, 0.05) is 23.8 Å². The molecule has 0 spiro atoms. The molecule has 0 saturated heterocycles. The van der Waals surface area contributed by atoms with Crippen LogP contribution in [0.4, 0.5) is 5.69 Å². The summed E-state index contributed by atoms with van der Waals surface area (Å²) in [6.07, 6.45) is 2.89. The van der Waals surface area contributed by atoms with E-state index < -0.39 is 0 Å². The Morgan fingerprint density at radius 3 is 2.65 bits per heavy atom. The molecule has 0 aliphatic carbocycles. The van der Waals surface area contributed by atoms with E-state index in [1.54, 1.807) is 0 Å². The molecular formula is C19H21N3O. The molecule has 0 atom stereocenters. The summed E-state index contributed by atoms with van der Waals surface area (Å²) in [4.78, 5) is 4.51. The highest BCUT2D eigenvalue weighted by Gasteiger charge is 2.08. The molecule has 0 bridgehead atoms. The van der Waals surface area contributed by atoms with Gasteiger partial charge in [0.05, 0.1) is 0 Å². The van der Waals surface area contributed by atoms with Crippen LogP contribution in [0.2, 0.25) is 0 Å². The van der Waals surface area contributed by atoms with Gasteiger partial charge < -0.3 is 15.4 Å². The number of anilines is 1. The van der Waals surface area contributed by atoms with E-state index >= 15 is 0 Å². The number of benzene rings is 2. The lowest BCUT2D eigenvalue weighted by atomic mass is 10.1. The average Bonchev–Trinajstić information content (AvgIpc) is 2.60. The molecule has 0 fully saturated rings. The van der Waals surface area contributed by atoms with Crippen LogP contribution < -0.4 is 15.4 Å². The Balaban J connectivity index is 1.86. The summed E-state index contributed by atoms with van der Waals surface area (Å²) >= 11 is 0. The lowest BCUT2D eigenvalue weighted by Crippen LogP contribution is -2.13. The summed E-state index contributed by atoms with van der Waals surface area (Å²) in [5, 5.41) is 7.71. The fourth-order valence-corrected chi connectivity index (χ4v) is 2.49. The Labute approximate surface area is 136 Å². The van der Waals surface area contributed by atoms with E-state index in [0.717, 1.165) is 47.6 Å². The third kappa shape index (κ3) is 3.79. The lowest BCUT2D eigenvalue weighted by molar-refractivity contribution is 0.487. The van der Waals surface area contributed by atoms with E-state index in [1.165, 1.54) is 0 Å². The highest BCUT2D eigenvalue weighted by Crippen LogP contribution is 2.31. The molecule has 2 aromatic carbocycles. The van der Waals surface area contributed by atoms with Crippen molar-refractivity contribution >= 4 is 16.6 Å². The monoisotopic (exact) mass is 307 g/mol. The van der Waals surface area contributed by atoms with Crippen molar-refractivity contribution in [1.82, 2.24) is 10.3 Å². The third-order valence-corrected chi connectivity index (χ3v) is 3.62. The molecule has 0 radical (unpaired) electrons. The quantitative estimate of drug-likeness (QED) is 0.646. The molecule has 0 unspecified atom stereocenters. The van der Waals surface area contributed by atoms with Gasteiger partial charge in [0.15, 0.2) is 5.75 Å². The van der Waals surface area contributed by atoms with Crippen molar-refractivity contribution in [2.24, 2.45) is 0 Å². The molecule has 118 valence electrons. The van der Waals surface area contributed by atoms with Gasteiger partial charge in [-0.1, -0.05) is 30.3 Å². The smallest absolute Gasteiger partial charge is 0.153 e. The maximum Gasteiger partial charge on any atom is 0.153 e. The zero-order valence-corrected chi connectivity index (χ0v) is 13.3. The van der Waals surface area contributed by atoms with Crippen molar-refractivity contribution in [1.29, 1.82) is 0 Å². The van der Waals surface area contributed by atoms with E-state index in [2.05, 4.69) is 21.7 Å². The van der Waals surface area contributed by atoms with E-state index in [-0.39, 0.29) is 0 Å². The second kappa shape index (κ2) is 7.61. The van der Waals surface area contributed by atoms with Crippen molar-refractivity contribution in [3.8, 4) is 11.5 Å². The van der Waals surface area contributed by atoms with Gasteiger partial charge in [-0.25, -0.2) is 0 Å². The van der Waals surface area contributed by atoms with Gasteiger partial charge in [-0.05, 0) is 44.3 Å². The molecule has 0 saturated carbocycles. The van der Waals surface area contributed by atoms with Crippen LogP contribution in [-0.4, -0.2) is 25.1 Å². The Morgan fingerprint density at radius 1 is 0.957 bits per heavy atom. The minimum Gasteiger partial charge on any atom is -0.455 e. The van der Waals surface area contributed by atoms with Gasteiger partial charge in [-0.2, -0.15) is 0 Å². The van der Waals surface area contributed by atoms with Crippen LogP contribution in [0.3, 0.4) is 0 Å². The van der Waals surface area contributed by atoms with E-state index in [1.807, 2.05) is 61.8 Å². The number of hydrogen-bond donors (Lipinski definition) is 2. The van der Waals surface area contributed by atoms with Gasteiger partial charge in [-0.15, -0.1) is 0 Å². The Bertz CT molecular complexity index is 759. The van der Waals surface area contributed by atoms with Crippen LogP contribution >= 0.6 is 0 Å². The van der Waals surface area contributed by atoms with Gasteiger partial charge in [0.1, 0.15) is 11.3 Å². The van der Waals surface area contributed by atoms with Crippen LogP contribution in [0, 0.1) is 0 Å². The topological polar surface area (TPSA) is 46.2 Å². The summed E-state index contributed by atoms with van der Waals surface area (Å²) in [6.45, 7) is 1.92. The number of nitrogens with one attached hydrogen (secondary N) is 2. The second-order valence-corrected chi connectivity index (χ2v) is 5.31. The zero-order chi connectivity index (χ0) is 15.9. The van der Waals surface area contributed by atoms with Crippen molar-refractivity contribution < 1.29 is 4.74 Å². The minimum atomic E-state index is 0.771. The lowest BCUT2D eigenvalue weighted by Gasteiger charge is -2.12. The molecule has 3 rings (SSSR count). The zero-order valence-electron chi connectivity index (χ0n) is 13.3. The summed E-state index contributed by atoms with van der Waals surface area (Å²) < 4.78 is 5.99. The summed E-state index contributed by atoms with van der Waals surface area (Å²) in [6, 6.07) is 17.8. The SMILES string of the molecule is CNCCCNc1ccnc2c(Oc3ccccc3)cccc12. The third-order valence-electron chi connectivity index (χ3n) is 3.62. The largest absolute Gasteiger partial charge is 0.455 e. The van der Waals surface area contributed by atoms with E-state index in [9.17, 15) is 0 Å². The summed E-state index contributed by atoms with van der Waals surface area (Å²) in [5.41, 5.74) is 1.96. The molecule has 4 heteroatoms. The summed E-state index contributed by atoms with van der Waals surface area (Å²) in [5.74, 6) is 1.58. The fraction of sp³-hybridized carbons (Fsp3) is 0.211. The minimum absolute atomic E-state index is 0.771. The molecule has 0 amide bonds. The van der Waals surface area contributed by atoms with Crippen molar-refractivity contribution in [3.63, 3.8) is 0 Å². The van der Waals surface area contributed by atoms with E-state index in [4.69, 9.17) is 4.74 Å². The normalized spacial score (nSPS) is 10.7. The number of pyridine rings is 1. The molecular weight excluding hydrogens is 286 g/mol. The molecule has 1 heterocycles. The number of nitrogens with zero attached hydrogens (tertiary/aromatic N) is 1. The number of fused-ring (bicyclic) bond motifs is 1. The number of para-hydroxylation sites is 2. The molecule has 4 nitrogen and oxygen atoms in total. The van der Waals surface area contributed by atoms with Crippen LogP contribution in [-0.2, 0) is 0 Å². The van der Waals surface area contributed by atoms with Gasteiger partial charge in [0.25, 0.3) is 0 Å². The first-order valence-electron chi connectivity index (χ1n) is 7.87. The molecule has 0 aliphatic heterocycles. The number of hydrogen-bond acceptors (Lipinski definition) is 4. The predicted octanol–water partition coefficient (Wildman–Crippen LogP) is 4.05. The standard InChI is InChI=1S/C19H21N3O/c1-20-12-6-13-21-17-11-14-22-19-16(17)9-5-10-18(19)23-15-7-3-2-4-8-15/h2-5,7-11,14,20H,6,12-13H2,1H3,(H,21,22). The molecule has 2 N–H and O–H groups in total. The van der Waals surface area contributed by atoms with Gasteiger partial charge >= 0.3 is 0 Å². The summed E-state index contributed by atoms with van der Waals surface area (Å²) in [7, 11) is 1.97. The molecule has 1 aromatic heterocycles. The average molecular weight is 307 g/mol. The highest BCUT2D eigenvalue weighted by atomic mass is 16.5.